The molecule has 3 rings (SSSR count). The molecule has 0 spiro atoms. The molecule has 0 radical (unpaired) electrons. The Morgan fingerprint density at radius 2 is 1.62 bits per heavy atom. The average molecular weight is 208 g/mol. The molecule has 0 N–H and O–H groups in total. The minimum Gasteiger partial charge on any atom is -0.198 e. The first kappa shape index (κ1) is 9.34. The molecule has 1 aliphatic rings. The molecule has 0 saturated carbocycles. The van der Waals surface area contributed by atoms with Crippen LogP contribution in [0.25, 0.3) is 0 Å². The van der Waals surface area contributed by atoms with Crippen molar-refractivity contribution in [3.63, 3.8) is 0 Å². The quantitative estimate of drug-likeness (QED) is 0.667. The molecule has 0 bridgehead atoms. The third kappa shape index (κ3) is 1.65. The van der Waals surface area contributed by atoms with E-state index in [1.165, 1.54) is 16.8 Å². The number of benzene rings is 2. The van der Waals surface area contributed by atoms with Crippen molar-refractivity contribution in [3.8, 4) is 0 Å². The van der Waals surface area contributed by atoms with Crippen molar-refractivity contribution >= 4 is 11.9 Å². The summed E-state index contributed by atoms with van der Waals surface area (Å²) >= 11 is 0. The number of hydrogen-bond donors (Lipinski definition) is 0. The van der Waals surface area contributed by atoms with Crippen molar-refractivity contribution in [3.05, 3.63) is 65.7 Å². The predicted molar refractivity (Wildman–Crippen MR) is 66.3 cm³/mol. The lowest BCUT2D eigenvalue weighted by molar-refractivity contribution is -0.450. The second kappa shape index (κ2) is 3.93. The maximum Gasteiger partial charge on any atom is 0.208 e. The van der Waals surface area contributed by atoms with E-state index in [0.29, 0.717) is 0 Å². The topological polar surface area (TPSA) is 3.01 Å². The Morgan fingerprint density at radius 3 is 2.50 bits per heavy atom. The van der Waals surface area contributed by atoms with Gasteiger partial charge in [0.1, 0.15) is 0 Å². The smallest absolute Gasteiger partial charge is 0.198 e. The van der Waals surface area contributed by atoms with E-state index in [4.69, 9.17) is 0 Å². The highest BCUT2D eigenvalue weighted by atomic mass is 15.0. The Kier molecular flexibility index (Phi) is 2.30. The zero-order chi connectivity index (χ0) is 10.8. The van der Waals surface area contributed by atoms with Gasteiger partial charge in [-0.3, -0.25) is 0 Å². The van der Waals surface area contributed by atoms with Crippen molar-refractivity contribution in [2.75, 3.05) is 0 Å². The zero-order valence-electron chi connectivity index (χ0n) is 9.13. The molecule has 0 amide bonds. The molecule has 1 heteroatoms. The summed E-state index contributed by atoms with van der Waals surface area (Å²) in [6.45, 7) is 0.970. The highest BCUT2D eigenvalue weighted by molar-refractivity contribution is 5.66. The van der Waals surface area contributed by atoms with Crippen molar-refractivity contribution in [2.24, 2.45) is 0 Å². The summed E-state index contributed by atoms with van der Waals surface area (Å²) in [6, 6.07) is 19.2. The zero-order valence-corrected chi connectivity index (χ0v) is 9.13. The minimum absolute atomic E-state index is 0.970. The molecule has 2 aromatic rings. The van der Waals surface area contributed by atoms with Crippen LogP contribution in [-0.2, 0) is 13.0 Å². The molecular weight excluding hydrogens is 194 g/mol. The Labute approximate surface area is 95.7 Å². The third-order valence-corrected chi connectivity index (χ3v) is 3.03. The highest BCUT2D eigenvalue weighted by Crippen LogP contribution is 2.24. The van der Waals surface area contributed by atoms with Crippen LogP contribution >= 0.6 is 0 Å². The van der Waals surface area contributed by atoms with E-state index in [1.807, 2.05) is 0 Å². The number of nitrogens with zero attached hydrogens (tertiary/aromatic N) is 1. The van der Waals surface area contributed by atoms with Crippen LogP contribution in [0, 0.1) is 0 Å². The van der Waals surface area contributed by atoms with Crippen molar-refractivity contribution in [1.29, 1.82) is 0 Å². The van der Waals surface area contributed by atoms with Crippen molar-refractivity contribution in [2.45, 2.75) is 13.0 Å². The van der Waals surface area contributed by atoms with Gasteiger partial charge in [-0.05, 0) is 0 Å². The summed E-state index contributed by atoms with van der Waals surface area (Å²) in [4.78, 5) is 0. The Hall–Kier alpha value is -1.89. The summed E-state index contributed by atoms with van der Waals surface area (Å²) in [7, 11) is 0. The molecule has 1 aliphatic heterocycles. The minimum atomic E-state index is 0.970. The van der Waals surface area contributed by atoms with Crippen LogP contribution in [0.4, 0.5) is 5.69 Å². The van der Waals surface area contributed by atoms with Gasteiger partial charge in [0.25, 0.3) is 0 Å². The lowest BCUT2D eigenvalue weighted by Crippen LogP contribution is -2.02. The van der Waals surface area contributed by atoms with Crippen LogP contribution in [0.1, 0.15) is 11.1 Å². The fraction of sp³-hybridized carbons (Fsp3) is 0.133. The first-order valence-corrected chi connectivity index (χ1v) is 5.65. The maximum absolute atomic E-state index is 2.34. The average Bonchev–Trinajstić information content (AvgIpc) is 2.74. The SMILES string of the molecule is C1=[N+](Cc2ccccc2)c2ccccc2C1. The standard InChI is InChI=1S/C15H14N/c1-2-6-13(7-3-1)12-16-11-10-14-8-4-5-9-15(14)16/h1-9,11H,10,12H2/q+1. The number of rotatable bonds is 2. The third-order valence-electron chi connectivity index (χ3n) is 3.03. The van der Waals surface area contributed by atoms with Gasteiger partial charge in [-0.15, -0.1) is 0 Å². The van der Waals surface area contributed by atoms with Crippen LogP contribution in [0.3, 0.4) is 0 Å². The molecule has 1 heterocycles. The van der Waals surface area contributed by atoms with E-state index in [-0.39, 0.29) is 0 Å². The van der Waals surface area contributed by atoms with E-state index < -0.39 is 0 Å². The lowest BCUT2D eigenvalue weighted by Gasteiger charge is -2.00. The van der Waals surface area contributed by atoms with E-state index >= 15 is 0 Å². The van der Waals surface area contributed by atoms with Gasteiger partial charge in [0, 0.05) is 17.2 Å². The summed E-state index contributed by atoms with van der Waals surface area (Å²) in [5.41, 5.74) is 4.14. The molecular formula is C15H14N+. The summed E-state index contributed by atoms with van der Waals surface area (Å²) in [5.74, 6) is 0. The largest absolute Gasteiger partial charge is 0.208 e. The Balaban J connectivity index is 1.89. The Morgan fingerprint density at radius 1 is 0.875 bits per heavy atom. The van der Waals surface area contributed by atoms with Crippen LogP contribution in [0.5, 0.6) is 0 Å². The summed E-state index contributed by atoms with van der Waals surface area (Å²) < 4.78 is 2.34. The van der Waals surface area contributed by atoms with Gasteiger partial charge in [-0.1, -0.05) is 48.5 Å². The fourth-order valence-electron chi connectivity index (χ4n) is 2.20. The van der Waals surface area contributed by atoms with Crippen molar-refractivity contribution < 1.29 is 4.58 Å². The van der Waals surface area contributed by atoms with Crippen LogP contribution in [0.15, 0.2) is 54.6 Å². The number of para-hydroxylation sites is 1. The van der Waals surface area contributed by atoms with Gasteiger partial charge in [-0.25, -0.2) is 0 Å². The van der Waals surface area contributed by atoms with Crippen LogP contribution in [-0.4, -0.2) is 10.8 Å². The molecule has 2 aromatic carbocycles. The molecule has 1 nitrogen and oxygen atoms in total. The van der Waals surface area contributed by atoms with Crippen LogP contribution < -0.4 is 0 Å². The number of fused-ring (bicyclic) bond motifs is 1. The highest BCUT2D eigenvalue weighted by Gasteiger charge is 2.20. The van der Waals surface area contributed by atoms with Crippen LogP contribution in [0.2, 0.25) is 0 Å². The molecule has 0 saturated heterocycles. The van der Waals surface area contributed by atoms with E-state index in [0.717, 1.165) is 13.0 Å². The fourth-order valence-corrected chi connectivity index (χ4v) is 2.20. The molecule has 0 atom stereocenters. The molecule has 0 unspecified atom stereocenters. The lowest BCUT2D eigenvalue weighted by atomic mass is 10.1. The molecule has 0 aliphatic carbocycles. The molecule has 0 fully saturated rings. The van der Waals surface area contributed by atoms with Gasteiger partial charge < -0.3 is 0 Å². The predicted octanol–water partition coefficient (Wildman–Crippen LogP) is 3.16. The van der Waals surface area contributed by atoms with Crippen molar-refractivity contribution in [1.82, 2.24) is 0 Å². The van der Waals surface area contributed by atoms with E-state index in [2.05, 4.69) is 65.4 Å². The van der Waals surface area contributed by atoms with Gasteiger partial charge in [0.2, 0.25) is 5.69 Å². The maximum atomic E-state index is 2.34. The second-order valence-electron chi connectivity index (χ2n) is 4.13. The van der Waals surface area contributed by atoms with E-state index in [1.54, 1.807) is 0 Å². The second-order valence-corrected chi connectivity index (χ2v) is 4.13. The van der Waals surface area contributed by atoms with E-state index in [9.17, 15) is 0 Å². The first-order chi connectivity index (χ1) is 7.93. The Bertz CT molecular complexity index is 526. The molecule has 0 aromatic heterocycles. The van der Waals surface area contributed by atoms with Gasteiger partial charge in [0.05, 0.1) is 6.42 Å². The van der Waals surface area contributed by atoms with Gasteiger partial charge >= 0.3 is 0 Å². The number of hydrogen-bond acceptors (Lipinski definition) is 0. The first-order valence-electron chi connectivity index (χ1n) is 5.65. The van der Waals surface area contributed by atoms with Gasteiger partial charge in [0.15, 0.2) is 12.8 Å². The monoisotopic (exact) mass is 208 g/mol. The van der Waals surface area contributed by atoms with Gasteiger partial charge in [-0.2, -0.15) is 4.58 Å². The summed E-state index contributed by atoms with van der Waals surface area (Å²) in [6.07, 6.45) is 3.33. The molecule has 78 valence electrons. The molecule has 16 heavy (non-hydrogen) atoms. The normalized spacial score (nSPS) is 13.4. The summed E-state index contributed by atoms with van der Waals surface area (Å²) in [5, 5.41) is 0.